The number of rotatable bonds is 7. The van der Waals surface area contributed by atoms with Gasteiger partial charge in [-0.05, 0) is 48.0 Å². The van der Waals surface area contributed by atoms with Gasteiger partial charge in [0, 0.05) is 15.9 Å². The minimum atomic E-state index is -0.203. The maximum absolute atomic E-state index is 12.3. The smallest absolute Gasteiger partial charge is 0.248 e. The maximum Gasteiger partial charge on any atom is 0.248 e. The molecule has 0 unspecified atom stereocenters. The third-order valence-corrected chi connectivity index (χ3v) is 4.81. The van der Waals surface area contributed by atoms with Gasteiger partial charge in [-0.2, -0.15) is 5.26 Å². The highest BCUT2D eigenvalue weighted by Gasteiger charge is 2.06. The first kappa shape index (κ1) is 19.3. The number of anilines is 1. The number of ether oxygens (including phenoxy) is 1. The molecule has 0 bridgehead atoms. The summed E-state index contributed by atoms with van der Waals surface area (Å²) < 4.78 is 5.21. The highest BCUT2D eigenvalue weighted by atomic mass is 32.2. The molecular weight excluding hydrogens is 368 g/mol. The van der Waals surface area contributed by atoms with Crippen molar-refractivity contribution in [1.82, 2.24) is 0 Å². The second-order valence-corrected chi connectivity index (χ2v) is 6.87. The largest absolute Gasteiger partial charge is 0.479 e. The fourth-order valence-corrected chi connectivity index (χ4v) is 3.33. The van der Waals surface area contributed by atoms with E-state index < -0.39 is 0 Å². The molecule has 0 fully saturated rings. The molecule has 0 aliphatic heterocycles. The predicted octanol–water partition coefficient (Wildman–Crippen LogP) is 5.39. The summed E-state index contributed by atoms with van der Waals surface area (Å²) in [5.41, 5.74) is 1.64. The zero-order valence-corrected chi connectivity index (χ0v) is 15.9. The minimum absolute atomic E-state index is 0.0119. The molecule has 4 nitrogen and oxygen atoms in total. The molecule has 0 aliphatic rings. The minimum Gasteiger partial charge on any atom is -0.479 e. The van der Waals surface area contributed by atoms with Gasteiger partial charge >= 0.3 is 0 Å². The third kappa shape index (κ3) is 5.76. The zero-order chi connectivity index (χ0) is 19.6. The van der Waals surface area contributed by atoms with E-state index in [0.717, 1.165) is 21.0 Å². The van der Waals surface area contributed by atoms with E-state index in [0.29, 0.717) is 5.75 Å². The number of para-hydroxylation sites is 1. The van der Waals surface area contributed by atoms with Crippen molar-refractivity contribution in [3.8, 4) is 11.8 Å². The van der Waals surface area contributed by atoms with Crippen molar-refractivity contribution in [3.63, 3.8) is 0 Å². The summed E-state index contributed by atoms with van der Waals surface area (Å²) in [4.78, 5) is 14.4. The Labute approximate surface area is 168 Å². The Bertz CT molecular complexity index is 993. The molecule has 0 spiro atoms. The van der Waals surface area contributed by atoms with Gasteiger partial charge in [-0.25, -0.2) is 0 Å². The van der Waals surface area contributed by atoms with Crippen LogP contribution < -0.4 is 10.1 Å². The Morgan fingerprint density at radius 3 is 2.46 bits per heavy atom. The normalized spacial score (nSPS) is 10.4. The SMILES string of the molecule is N#CCOc1ccc(/C=C/C(=O)Nc2ccccc2Sc2ccccc2)cc1. The van der Waals surface area contributed by atoms with Crippen LogP contribution in [0.1, 0.15) is 5.56 Å². The first-order valence-electron chi connectivity index (χ1n) is 8.65. The van der Waals surface area contributed by atoms with Crippen LogP contribution in [-0.2, 0) is 4.79 Å². The van der Waals surface area contributed by atoms with Crippen LogP contribution in [0.25, 0.3) is 6.08 Å². The van der Waals surface area contributed by atoms with Gasteiger partial charge in [0.2, 0.25) is 5.91 Å². The van der Waals surface area contributed by atoms with Crippen molar-refractivity contribution in [2.45, 2.75) is 9.79 Å². The van der Waals surface area contributed by atoms with E-state index in [2.05, 4.69) is 5.32 Å². The van der Waals surface area contributed by atoms with E-state index in [9.17, 15) is 4.79 Å². The van der Waals surface area contributed by atoms with Gasteiger partial charge in [-0.15, -0.1) is 0 Å². The first-order chi connectivity index (χ1) is 13.7. The molecule has 0 radical (unpaired) electrons. The van der Waals surface area contributed by atoms with E-state index >= 15 is 0 Å². The lowest BCUT2D eigenvalue weighted by Crippen LogP contribution is -2.08. The number of hydrogen-bond acceptors (Lipinski definition) is 4. The number of nitriles is 1. The van der Waals surface area contributed by atoms with Gasteiger partial charge in [0.25, 0.3) is 0 Å². The molecule has 138 valence electrons. The third-order valence-electron chi connectivity index (χ3n) is 3.73. The molecule has 0 aromatic heterocycles. The van der Waals surface area contributed by atoms with Crippen LogP contribution in [0.2, 0.25) is 0 Å². The molecule has 0 aliphatic carbocycles. The van der Waals surface area contributed by atoms with Gasteiger partial charge in [-0.3, -0.25) is 4.79 Å². The van der Waals surface area contributed by atoms with Gasteiger partial charge < -0.3 is 10.1 Å². The molecule has 28 heavy (non-hydrogen) atoms. The van der Waals surface area contributed by atoms with Crippen LogP contribution in [0.15, 0.2) is 94.7 Å². The average molecular weight is 386 g/mol. The summed E-state index contributed by atoms with van der Waals surface area (Å²) in [5.74, 6) is 0.418. The Balaban J connectivity index is 1.63. The number of benzene rings is 3. The lowest BCUT2D eigenvalue weighted by Gasteiger charge is -2.09. The number of nitrogens with one attached hydrogen (secondary N) is 1. The van der Waals surface area contributed by atoms with Crippen LogP contribution in [0.3, 0.4) is 0 Å². The van der Waals surface area contributed by atoms with Crippen molar-refractivity contribution in [3.05, 3.63) is 90.5 Å². The molecule has 3 rings (SSSR count). The highest BCUT2D eigenvalue weighted by molar-refractivity contribution is 7.99. The van der Waals surface area contributed by atoms with E-state index in [1.54, 1.807) is 30.0 Å². The van der Waals surface area contributed by atoms with Crippen LogP contribution >= 0.6 is 11.8 Å². The molecule has 1 N–H and O–H groups in total. The summed E-state index contributed by atoms with van der Waals surface area (Å²) in [6, 6.07) is 26.9. The van der Waals surface area contributed by atoms with Crippen LogP contribution in [0, 0.1) is 11.3 Å². The summed E-state index contributed by atoms with van der Waals surface area (Å²) in [6.45, 7) is 0.0119. The number of amides is 1. The monoisotopic (exact) mass is 386 g/mol. The number of carbonyl (C=O) groups excluding carboxylic acids is 1. The second kappa shape index (κ2) is 10.0. The molecular formula is C23H18N2O2S. The standard InChI is InChI=1S/C23H18N2O2S/c24-16-17-27-19-13-10-18(11-14-19)12-15-23(26)25-21-8-4-5-9-22(21)28-20-6-2-1-3-7-20/h1-15H,17H2,(H,25,26)/b15-12+. The summed E-state index contributed by atoms with van der Waals surface area (Å²) in [6.07, 6.45) is 3.23. The van der Waals surface area contributed by atoms with Gasteiger partial charge in [0.1, 0.15) is 11.8 Å². The maximum atomic E-state index is 12.3. The fraction of sp³-hybridized carbons (Fsp3) is 0.0435. The Kier molecular flexibility index (Phi) is 6.89. The molecule has 0 saturated carbocycles. The van der Waals surface area contributed by atoms with Crippen LogP contribution in [0.4, 0.5) is 5.69 Å². The molecule has 0 atom stereocenters. The van der Waals surface area contributed by atoms with E-state index in [1.807, 2.05) is 72.8 Å². The summed E-state index contributed by atoms with van der Waals surface area (Å²) >= 11 is 1.60. The molecule has 3 aromatic carbocycles. The van der Waals surface area contributed by atoms with E-state index in [-0.39, 0.29) is 12.5 Å². The summed E-state index contributed by atoms with van der Waals surface area (Å²) in [7, 11) is 0. The molecule has 0 heterocycles. The van der Waals surface area contributed by atoms with Gasteiger partial charge in [0.15, 0.2) is 6.61 Å². The lowest BCUT2D eigenvalue weighted by atomic mass is 10.2. The predicted molar refractivity (Wildman–Crippen MR) is 112 cm³/mol. The number of hydrogen-bond donors (Lipinski definition) is 1. The van der Waals surface area contributed by atoms with Crippen molar-refractivity contribution < 1.29 is 9.53 Å². The molecule has 0 saturated heterocycles. The van der Waals surface area contributed by atoms with E-state index in [1.165, 1.54) is 6.08 Å². The second-order valence-electron chi connectivity index (χ2n) is 5.75. The zero-order valence-electron chi connectivity index (χ0n) is 15.0. The summed E-state index contributed by atoms with van der Waals surface area (Å²) in [5, 5.41) is 11.5. The Morgan fingerprint density at radius 1 is 1.00 bits per heavy atom. The molecule has 1 amide bonds. The Hall–Kier alpha value is -3.49. The fourth-order valence-electron chi connectivity index (χ4n) is 2.41. The lowest BCUT2D eigenvalue weighted by molar-refractivity contribution is -0.111. The molecule has 3 aromatic rings. The Morgan fingerprint density at radius 2 is 1.71 bits per heavy atom. The van der Waals surface area contributed by atoms with Crippen molar-refractivity contribution in [2.75, 3.05) is 11.9 Å². The number of carbonyl (C=O) groups is 1. The first-order valence-corrected chi connectivity index (χ1v) is 9.47. The quantitative estimate of drug-likeness (QED) is 0.553. The van der Waals surface area contributed by atoms with E-state index in [4.69, 9.17) is 10.00 Å². The van der Waals surface area contributed by atoms with Crippen LogP contribution in [0.5, 0.6) is 5.75 Å². The highest BCUT2D eigenvalue weighted by Crippen LogP contribution is 2.33. The van der Waals surface area contributed by atoms with Gasteiger partial charge in [-0.1, -0.05) is 54.2 Å². The topological polar surface area (TPSA) is 62.1 Å². The average Bonchev–Trinajstić information content (AvgIpc) is 2.74. The van der Waals surface area contributed by atoms with Crippen molar-refractivity contribution >= 4 is 29.4 Å². The number of nitrogens with zero attached hydrogens (tertiary/aromatic N) is 1. The molecule has 5 heteroatoms. The van der Waals surface area contributed by atoms with Gasteiger partial charge in [0.05, 0.1) is 5.69 Å². The van der Waals surface area contributed by atoms with Crippen LogP contribution in [-0.4, -0.2) is 12.5 Å². The van der Waals surface area contributed by atoms with Crippen molar-refractivity contribution in [1.29, 1.82) is 5.26 Å². The van der Waals surface area contributed by atoms with Crippen molar-refractivity contribution in [2.24, 2.45) is 0 Å².